The number of hydrogen-bond donors (Lipinski definition) is 1. The van der Waals surface area contributed by atoms with Crippen molar-refractivity contribution in [3.05, 3.63) is 92.2 Å². The molecule has 0 radical (unpaired) electrons. The summed E-state index contributed by atoms with van der Waals surface area (Å²) < 4.78 is 26.1. The molecule has 3 aromatic rings. The Bertz CT molecular complexity index is 1030. The first kappa shape index (κ1) is 21.6. The Morgan fingerprint density at radius 1 is 1.10 bits per heavy atom. The summed E-state index contributed by atoms with van der Waals surface area (Å²) in [5, 5.41) is 14.0. The maximum absolute atomic E-state index is 13.9. The molecule has 0 saturated carbocycles. The van der Waals surface area contributed by atoms with E-state index >= 15 is 0 Å². The molecule has 0 bridgehead atoms. The van der Waals surface area contributed by atoms with Crippen LogP contribution in [0.3, 0.4) is 0 Å². The lowest BCUT2D eigenvalue weighted by atomic mass is 10.2. The molecule has 0 aliphatic rings. The van der Waals surface area contributed by atoms with Crippen LogP contribution in [0.1, 0.15) is 18.1 Å². The van der Waals surface area contributed by atoms with Gasteiger partial charge in [-0.25, -0.2) is 4.39 Å². The second kappa shape index (κ2) is 10.1. The van der Waals surface area contributed by atoms with E-state index in [0.29, 0.717) is 34.7 Å². The maximum Gasteiger partial charge on any atom is 0.269 e. The fourth-order valence-electron chi connectivity index (χ4n) is 2.80. The highest BCUT2D eigenvalue weighted by Crippen LogP contribution is 2.38. The molecule has 0 fully saturated rings. The molecule has 3 rings (SSSR count). The van der Waals surface area contributed by atoms with Gasteiger partial charge in [0, 0.05) is 29.9 Å². The average molecular weight is 475 g/mol. The van der Waals surface area contributed by atoms with Crippen LogP contribution in [0.5, 0.6) is 11.5 Å². The van der Waals surface area contributed by atoms with Gasteiger partial charge in [-0.2, -0.15) is 0 Å². The van der Waals surface area contributed by atoms with Gasteiger partial charge >= 0.3 is 0 Å². The minimum atomic E-state index is -0.435. The zero-order valence-electron chi connectivity index (χ0n) is 16.2. The van der Waals surface area contributed by atoms with Crippen molar-refractivity contribution in [3.63, 3.8) is 0 Å². The predicted molar refractivity (Wildman–Crippen MR) is 116 cm³/mol. The maximum atomic E-state index is 13.9. The first-order chi connectivity index (χ1) is 14.5. The van der Waals surface area contributed by atoms with Crippen LogP contribution in [0.15, 0.2) is 65.1 Å². The number of rotatable bonds is 9. The standard InChI is InChI=1S/C22H20BrFN2O4/c1-2-29-21-12-15(13-25-17-7-9-18(10-8-17)26(27)28)11-19(23)22(21)30-14-16-5-3-4-6-20(16)24/h3-12,25H,2,13-14H2,1H3. The van der Waals surface area contributed by atoms with Crippen molar-refractivity contribution < 1.29 is 18.8 Å². The second-order valence-corrected chi connectivity index (χ2v) is 7.23. The zero-order valence-corrected chi connectivity index (χ0v) is 17.8. The summed E-state index contributed by atoms with van der Waals surface area (Å²) >= 11 is 3.51. The van der Waals surface area contributed by atoms with Crippen molar-refractivity contribution in [2.45, 2.75) is 20.1 Å². The molecule has 0 saturated heterocycles. The predicted octanol–water partition coefficient (Wildman–Crippen LogP) is 6.09. The zero-order chi connectivity index (χ0) is 21.5. The fraction of sp³-hybridized carbons (Fsp3) is 0.182. The number of nitro benzene ring substituents is 1. The van der Waals surface area contributed by atoms with Gasteiger partial charge in [0.15, 0.2) is 11.5 Å². The van der Waals surface area contributed by atoms with E-state index in [9.17, 15) is 14.5 Å². The third kappa shape index (κ3) is 5.48. The average Bonchev–Trinajstić information content (AvgIpc) is 2.73. The minimum Gasteiger partial charge on any atom is -0.490 e. The van der Waals surface area contributed by atoms with E-state index in [1.165, 1.54) is 18.2 Å². The van der Waals surface area contributed by atoms with Gasteiger partial charge in [-0.3, -0.25) is 10.1 Å². The summed E-state index contributed by atoms with van der Waals surface area (Å²) in [6.45, 7) is 2.87. The Labute approximate surface area is 181 Å². The second-order valence-electron chi connectivity index (χ2n) is 6.38. The number of non-ortho nitro benzene ring substituents is 1. The van der Waals surface area contributed by atoms with Crippen molar-refractivity contribution in [1.29, 1.82) is 0 Å². The molecular weight excluding hydrogens is 455 g/mol. The molecular formula is C22H20BrFN2O4. The SMILES string of the molecule is CCOc1cc(CNc2ccc([N+](=O)[O-])cc2)cc(Br)c1OCc1ccccc1F. The number of ether oxygens (including phenoxy) is 2. The summed E-state index contributed by atoms with van der Waals surface area (Å²) in [5.41, 5.74) is 2.17. The van der Waals surface area contributed by atoms with Gasteiger partial charge in [-0.15, -0.1) is 0 Å². The number of halogens is 2. The Morgan fingerprint density at radius 2 is 1.83 bits per heavy atom. The monoisotopic (exact) mass is 474 g/mol. The summed E-state index contributed by atoms with van der Waals surface area (Å²) in [6.07, 6.45) is 0. The molecule has 0 aliphatic heterocycles. The van der Waals surface area contributed by atoms with Crippen LogP contribution in [-0.4, -0.2) is 11.5 Å². The number of nitrogens with zero attached hydrogens (tertiary/aromatic N) is 1. The Hall–Kier alpha value is -3.13. The van der Waals surface area contributed by atoms with Crippen molar-refractivity contribution in [2.75, 3.05) is 11.9 Å². The molecule has 6 nitrogen and oxygen atoms in total. The first-order valence-corrected chi connectivity index (χ1v) is 10.1. The van der Waals surface area contributed by atoms with Crippen molar-refractivity contribution in [1.82, 2.24) is 0 Å². The molecule has 0 unspecified atom stereocenters. The van der Waals surface area contributed by atoms with Crippen LogP contribution >= 0.6 is 15.9 Å². The van der Waals surface area contributed by atoms with E-state index in [2.05, 4.69) is 21.2 Å². The lowest BCUT2D eigenvalue weighted by Gasteiger charge is -2.16. The molecule has 0 heterocycles. The van der Waals surface area contributed by atoms with E-state index < -0.39 is 4.92 Å². The lowest BCUT2D eigenvalue weighted by molar-refractivity contribution is -0.384. The fourth-order valence-corrected chi connectivity index (χ4v) is 3.40. The van der Waals surface area contributed by atoms with Crippen molar-refractivity contribution in [3.8, 4) is 11.5 Å². The number of hydrogen-bond acceptors (Lipinski definition) is 5. The van der Waals surface area contributed by atoms with Gasteiger partial charge in [-0.1, -0.05) is 18.2 Å². The van der Waals surface area contributed by atoms with E-state index in [-0.39, 0.29) is 18.1 Å². The number of benzene rings is 3. The molecule has 0 spiro atoms. The summed E-state index contributed by atoms with van der Waals surface area (Å²) in [7, 11) is 0. The molecule has 1 N–H and O–H groups in total. The van der Waals surface area contributed by atoms with Crippen LogP contribution in [0.25, 0.3) is 0 Å². The number of nitro groups is 1. The van der Waals surface area contributed by atoms with E-state index in [0.717, 1.165) is 11.3 Å². The smallest absolute Gasteiger partial charge is 0.269 e. The van der Waals surface area contributed by atoms with E-state index in [4.69, 9.17) is 9.47 Å². The topological polar surface area (TPSA) is 73.6 Å². The third-order valence-corrected chi connectivity index (χ3v) is 4.86. The molecule has 30 heavy (non-hydrogen) atoms. The summed E-state index contributed by atoms with van der Waals surface area (Å²) in [6, 6.07) is 16.4. The summed E-state index contributed by atoms with van der Waals surface area (Å²) in [5.74, 6) is 0.721. The van der Waals surface area contributed by atoms with E-state index in [1.54, 1.807) is 30.3 Å². The van der Waals surface area contributed by atoms with Gasteiger partial charge in [0.25, 0.3) is 5.69 Å². The van der Waals surface area contributed by atoms with Crippen molar-refractivity contribution >= 4 is 27.3 Å². The Balaban J connectivity index is 1.73. The lowest BCUT2D eigenvalue weighted by Crippen LogP contribution is -2.04. The quantitative estimate of drug-likeness (QED) is 0.300. The Kier molecular flexibility index (Phi) is 7.24. The highest BCUT2D eigenvalue weighted by Gasteiger charge is 2.14. The highest BCUT2D eigenvalue weighted by atomic mass is 79.9. The Morgan fingerprint density at radius 3 is 2.50 bits per heavy atom. The molecule has 0 amide bonds. The molecule has 8 heteroatoms. The van der Waals surface area contributed by atoms with Gasteiger partial charge in [0.1, 0.15) is 12.4 Å². The summed E-state index contributed by atoms with van der Waals surface area (Å²) in [4.78, 5) is 10.3. The van der Waals surface area contributed by atoms with Crippen molar-refractivity contribution in [2.24, 2.45) is 0 Å². The number of anilines is 1. The van der Waals surface area contributed by atoms with Crippen LogP contribution in [-0.2, 0) is 13.2 Å². The van der Waals surface area contributed by atoms with Crippen LogP contribution in [0.2, 0.25) is 0 Å². The molecule has 0 aliphatic carbocycles. The normalized spacial score (nSPS) is 10.5. The van der Waals surface area contributed by atoms with Gasteiger partial charge in [0.2, 0.25) is 0 Å². The molecule has 156 valence electrons. The number of nitrogens with one attached hydrogen (secondary N) is 1. The van der Waals surface area contributed by atoms with Gasteiger partial charge in [-0.05, 0) is 58.7 Å². The largest absolute Gasteiger partial charge is 0.490 e. The third-order valence-electron chi connectivity index (χ3n) is 4.27. The van der Waals surface area contributed by atoms with E-state index in [1.807, 2.05) is 19.1 Å². The molecule has 0 aromatic heterocycles. The van der Waals surface area contributed by atoms with Gasteiger partial charge < -0.3 is 14.8 Å². The van der Waals surface area contributed by atoms with Crippen LogP contribution in [0.4, 0.5) is 15.8 Å². The molecule has 3 aromatic carbocycles. The first-order valence-electron chi connectivity index (χ1n) is 9.27. The highest BCUT2D eigenvalue weighted by molar-refractivity contribution is 9.10. The van der Waals surface area contributed by atoms with Gasteiger partial charge in [0.05, 0.1) is 16.0 Å². The minimum absolute atomic E-state index is 0.0401. The van der Waals surface area contributed by atoms with Crippen LogP contribution in [0, 0.1) is 15.9 Å². The van der Waals surface area contributed by atoms with Crippen LogP contribution < -0.4 is 14.8 Å². The molecule has 0 atom stereocenters.